The van der Waals surface area contributed by atoms with E-state index in [0.717, 1.165) is 38.5 Å². The Morgan fingerprint density at radius 1 is 1.28 bits per heavy atom. The van der Waals surface area contributed by atoms with Crippen molar-refractivity contribution in [1.82, 2.24) is 0 Å². The van der Waals surface area contributed by atoms with E-state index in [4.69, 9.17) is 14.2 Å². The molecule has 1 aliphatic heterocycles. The highest BCUT2D eigenvalue weighted by Gasteiger charge is 2.40. The molecular formula is C21H30N2O6. The number of nitro benzene ring substituents is 1. The zero-order valence-corrected chi connectivity index (χ0v) is 16.9. The Hall–Kier alpha value is -2.19. The van der Waals surface area contributed by atoms with Crippen LogP contribution in [0.4, 0.5) is 11.4 Å². The lowest BCUT2D eigenvalue weighted by atomic mass is 9.91. The van der Waals surface area contributed by atoms with E-state index in [0.29, 0.717) is 12.3 Å². The molecule has 1 saturated heterocycles. The van der Waals surface area contributed by atoms with Gasteiger partial charge in [-0.3, -0.25) is 10.1 Å². The maximum absolute atomic E-state index is 12.8. The van der Waals surface area contributed by atoms with Gasteiger partial charge in [-0.2, -0.15) is 0 Å². The van der Waals surface area contributed by atoms with Crippen LogP contribution in [-0.4, -0.2) is 42.5 Å². The summed E-state index contributed by atoms with van der Waals surface area (Å²) in [5.41, 5.74) is 0.465. The van der Waals surface area contributed by atoms with E-state index in [-0.39, 0.29) is 24.3 Å². The van der Waals surface area contributed by atoms with Gasteiger partial charge in [0.15, 0.2) is 6.29 Å². The first kappa shape index (κ1) is 21.5. The summed E-state index contributed by atoms with van der Waals surface area (Å²) in [6, 6.07) is 5.44. The summed E-state index contributed by atoms with van der Waals surface area (Å²) in [5.74, 6) is -0.629. The summed E-state index contributed by atoms with van der Waals surface area (Å²) in [6.45, 7) is 2.61. The molecule has 1 aromatic carbocycles. The van der Waals surface area contributed by atoms with Crippen LogP contribution in [0.1, 0.15) is 51.9 Å². The molecule has 8 heteroatoms. The van der Waals surface area contributed by atoms with E-state index < -0.39 is 23.2 Å². The third-order valence-electron chi connectivity index (χ3n) is 5.54. The molecule has 0 amide bonds. The number of non-ortho nitro benzene ring substituents is 1. The number of rotatable bonds is 8. The SMILES string of the molecule is CCOC(=O)[C@H](Nc1cccc([N+](=O)[O-])c1)[C@@H]1CCCO[C@H]1OC1CCCCC1. The fraction of sp³-hybridized carbons (Fsp3) is 0.667. The van der Waals surface area contributed by atoms with Crippen LogP contribution in [0.5, 0.6) is 0 Å². The first-order valence-electron chi connectivity index (χ1n) is 10.5. The van der Waals surface area contributed by atoms with Crippen molar-refractivity contribution in [3.05, 3.63) is 34.4 Å². The standard InChI is InChI=1S/C21H30N2O6/c1-2-27-20(24)19(22-15-8-6-9-16(14-15)23(25)26)18-12-7-13-28-21(18)29-17-10-4-3-5-11-17/h6,8-9,14,17-19,21-22H,2-5,7,10-13H2,1H3/t18-,19+,21-/m0/s1. The van der Waals surface area contributed by atoms with Crippen LogP contribution in [0.3, 0.4) is 0 Å². The number of nitro groups is 1. The zero-order chi connectivity index (χ0) is 20.6. The van der Waals surface area contributed by atoms with Crippen LogP contribution >= 0.6 is 0 Å². The lowest BCUT2D eigenvalue weighted by molar-refractivity contribution is -0.384. The minimum Gasteiger partial charge on any atom is -0.464 e. The van der Waals surface area contributed by atoms with E-state index in [1.807, 2.05) is 0 Å². The van der Waals surface area contributed by atoms with Gasteiger partial charge < -0.3 is 19.5 Å². The highest BCUT2D eigenvalue weighted by atomic mass is 16.7. The fourth-order valence-corrected chi connectivity index (χ4v) is 4.09. The number of hydrogen-bond acceptors (Lipinski definition) is 7. The topological polar surface area (TPSA) is 99.9 Å². The molecule has 0 radical (unpaired) electrons. The molecule has 0 unspecified atom stereocenters. The molecule has 8 nitrogen and oxygen atoms in total. The smallest absolute Gasteiger partial charge is 0.329 e. The molecule has 1 heterocycles. The molecule has 2 aliphatic rings. The van der Waals surface area contributed by atoms with Gasteiger partial charge in [0.2, 0.25) is 0 Å². The number of benzene rings is 1. The van der Waals surface area contributed by atoms with Crippen LogP contribution in [0, 0.1) is 16.0 Å². The van der Waals surface area contributed by atoms with E-state index in [1.54, 1.807) is 19.1 Å². The second kappa shape index (κ2) is 10.5. The summed E-state index contributed by atoms with van der Waals surface area (Å²) in [5, 5.41) is 14.3. The van der Waals surface area contributed by atoms with E-state index >= 15 is 0 Å². The molecule has 1 aliphatic carbocycles. The monoisotopic (exact) mass is 406 g/mol. The van der Waals surface area contributed by atoms with Crippen molar-refractivity contribution < 1.29 is 23.9 Å². The van der Waals surface area contributed by atoms with Crippen molar-refractivity contribution in [2.75, 3.05) is 18.5 Å². The Bertz CT molecular complexity index is 692. The first-order chi connectivity index (χ1) is 14.1. The molecule has 1 saturated carbocycles. The van der Waals surface area contributed by atoms with Crippen molar-refractivity contribution in [1.29, 1.82) is 0 Å². The van der Waals surface area contributed by atoms with Gasteiger partial charge >= 0.3 is 5.97 Å². The quantitative estimate of drug-likeness (QED) is 0.395. The van der Waals surface area contributed by atoms with Crippen molar-refractivity contribution in [3.63, 3.8) is 0 Å². The second-order valence-corrected chi connectivity index (χ2v) is 7.62. The second-order valence-electron chi connectivity index (χ2n) is 7.62. The molecule has 160 valence electrons. The van der Waals surface area contributed by atoms with Gasteiger partial charge in [-0.25, -0.2) is 4.79 Å². The van der Waals surface area contributed by atoms with Crippen LogP contribution in [0.15, 0.2) is 24.3 Å². The number of anilines is 1. The predicted octanol–water partition coefficient (Wildman–Crippen LogP) is 4.04. The van der Waals surface area contributed by atoms with Crippen LogP contribution in [0.2, 0.25) is 0 Å². The van der Waals surface area contributed by atoms with Crippen LogP contribution in [-0.2, 0) is 19.0 Å². The zero-order valence-electron chi connectivity index (χ0n) is 16.9. The van der Waals surface area contributed by atoms with Crippen LogP contribution in [0.25, 0.3) is 0 Å². The Kier molecular flexibility index (Phi) is 7.83. The molecule has 1 aromatic rings. The van der Waals surface area contributed by atoms with Gasteiger partial charge in [-0.1, -0.05) is 25.3 Å². The maximum Gasteiger partial charge on any atom is 0.329 e. The minimum atomic E-state index is -0.703. The van der Waals surface area contributed by atoms with Gasteiger partial charge in [0, 0.05) is 30.3 Å². The van der Waals surface area contributed by atoms with Crippen molar-refractivity contribution >= 4 is 17.3 Å². The molecule has 29 heavy (non-hydrogen) atoms. The van der Waals surface area contributed by atoms with E-state index in [9.17, 15) is 14.9 Å². The highest BCUT2D eigenvalue weighted by molar-refractivity contribution is 5.80. The molecule has 0 bridgehead atoms. The number of esters is 1. The molecule has 2 fully saturated rings. The average Bonchev–Trinajstić information content (AvgIpc) is 2.74. The maximum atomic E-state index is 12.8. The Balaban J connectivity index is 1.78. The third kappa shape index (κ3) is 5.90. The third-order valence-corrected chi connectivity index (χ3v) is 5.54. The number of nitrogens with one attached hydrogen (secondary N) is 1. The molecule has 0 spiro atoms. The predicted molar refractivity (Wildman–Crippen MR) is 108 cm³/mol. The van der Waals surface area contributed by atoms with Crippen molar-refractivity contribution in [2.24, 2.45) is 5.92 Å². The van der Waals surface area contributed by atoms with Crippen molar-refractivity contribution in [2.45, 2.75) is 70.3 Å². The molecule has 0 aromatic heterocycles. The Labute approximate surface area is 171 Å². The summed E-state index contributed by atoms with van der Waals surface area (Å²) in [7, 11) is 0. The van der Waals surface area contributed by atoms with Crippen LogP contribution < -0.4 is 5.32 Å². The summed E-state index contributed by atoms with van der Waals surface area (Å²) in [4.78, 5) is 23.4. The minimum absolute atomic E-state index is 0.0347. The lowest BCUT2D eigenvalue weighted by Crippen LogP contribution is -2.48. The van der Waals surface area contributed by atoms with Gasteiger partial charge in [0.1, 0.15) is 6.04 Å². The van der Waals surface area contributed by atoms with Gasteiger partial charge in [-0.15, -0.1) is 0 Å². The molecule has 1 N–H and O–H groups in total. The summed E-state index contributed by atoms with van der Waals surface area (Å²) in [6.07, 6.45) is 6.77. The molecular weight excluding hydrogens is 376 g/mol. The number of carbonyl (C=O) groups excluding carboxylic acids is 1. The Morgan fingerprint density at radius 3 is 2.79 bits per heavy atom. The average molecular weight is 406 g/mol. The highest BCUT2D eigenvalue weighted by Crippen LogP contribution is 2.32. The lowest BCUT2D eigenvalue weighted by Gasteiger charge is -2.38. The fourth-order valence-electron chi connectivity index (χ4n) is 4.09. The first-order valence-corrected chi connectivity index (χ1v) is 10.5. The summed E-state index contributed by atoms with van der Waals surface area (Å²) < 4.78 is 17.5. The Morgan fingerprint density at radius 2 is 2.07 bits per heavy atom. The normalized spacial score (nSPS) is 23.9. The molecule has 3 rings (SSSR count). The number of carbonyl (C=O) groups is 1. The van der Waals surface area contributed by atoms with E-state index in [1.165, 1.54) is 18.6 Å². The largest absolute Gasteiger partial charge is 0.464 e. The van der Waals surface area contributed by atoms with Gasteiger partial charge in [-0.05, 0) is 38.7 Å². The van der Waals surface area contributed by atoms with E-state index in [2.05, 4.69) is 5.32 Å². The summed E-state index contributed by atoms with van der Waals surface area (Å²) >= 11 is 0. The van der Waals surface area contributed by atoms with Gasteiger partial charge in [0.05, 0.1) is 17.6 Å². The van der Waals surface area contributed by atoms with Crippen molar-refractivity contribution in [3.8, 4) is 0 Å². The molecule has 3 atom stereocenters. The number of hydrogen-bond donors (Lipinski definition) is 1. The number of nitrogens with zero attached hydrogens (tertiary/aromatic N) is 1. The van der Waals surface area contributed by atoms with Gasteiger partial charge in [0.25, 0.3) is 5.69 Å². The number of ether oxygens (including phenoxy) is 3.